The lowest BCUT2D eigenvalue weighted by Crippen LogP contribution is -2.32. The molecule has 2 rings (SSSR count). The third kappa shape index (κ3) is 3.36. The molecule has 1 aromatic carbocycles. The Bertz CT molecular complexity index is 528. The molecule has 0 saturated carbocycles. The topological polar surface area (TPSA) is 63.4 Å². The summed E-state index contributed by atoms with van der Waals surface area (Å²) < 4.78 is 25.7. The minimum Gasteiger partial charge on any atom is -0.326 e. The number of sulfonamides is 1. The van der Waals surface area contributed by atoms with Crippen LogP contribution in [0.3, 0.4) is 0 Å². The average molecular weight is 309 g/mol. The molecular weight excluding hydrogens is 295 g/mol. The Morgan fingerprint density at radius 1 is 1.28 bits per heavy atom. The first-order chi connectivity index (χ1) is 8.37. The van der Waals surface area contributed by atoms with Crippen LogP contribution in [0.15, 0.2) is 18.2 Å². The molecule has 1 fully saturated rings. The summed E-state index contributed by atoms with van der Waals surface area (Å²) in [4.78, 5) is 0. The van der Waals surface area contributed by atoms with Gasteiger partial charge in [0.1, 0.15) is 0 Å². The van der Waals surface area contributed by atoms with Crippen LogP contribution in [-0.4, -0.2) is 31.9 Å². The van der Waals surface area contributed by atoms with Gasteiger partial charge < -0.3 is 5.73 Å². The van der Waals surface area contributed by atoms with Gasteiger partial charge in [-0.2, -0.15) is 0 Å². The number of hydrogen-bond donors (Lipinski definition) is 1. The van der Waals surface area contributed by atoms with E-state index in [0.29, 0.717) is 35.1 Å². The number of nitrogens with two attached hydrogens (primary N) is 1. The van der Waals surface area contributed by atoms with Crippen molar-refractivity contribution in [1.82, 2.24) is 4.31 Å². The van der Waals surface area contributed by atoms with Crippen molar-refractivity contribution in [2.45, 2.75) is 18.2 Å². The van der Waals surface area contributed by atoms with E-state index in [-0.39, 0.29) is 11.8 Å². The Morgan fingerprint density at radius 3 is 2.39 bits per heavy atom. The minimum absolute atomic E-state index is 0.0669. The zero-order valence-electron chi connectivity index (χ0n) is 9.64. The predicted octanol–water partition coefficient (Wildman–Crippen LogP) is 1.86. The minimum atomic E-state index is -3.34. The average Bonchev–Trinajstić information content (AvgIpc) is 2.62. The first kappa shape index (κ1) is 14.1. The molecule has 1 aliphatic rings. The molecule has 7 heteroatoms. The maximum atomic E-state index is 12.2. The van der Waals surface area contributed by atoms with Crippen LogP contribution in [0, 0.1) is 0 Å². The van der Waals surface area contributed by atoms with Crippen molar-refractivity contribution in [3.8, 4) is 0 Å². The molecule has 0 unspecified atom stereocenters. The van der Waals surface area contributed by atoms with Crippen molar-refractivity contribution in [2.75, 3.05) is 13.1 Å². The van der Waals surface area contributed by atoms with Crippen LogP contribution in [0.5, 0.6) is 0 Å². The van der Waals surface area contributed by atoms with Crippen LogP contribution in [-0.2, 0) is 15.8 Å². The standard InChI is InChI=1S/C11H14Cl2N2O2S/c12-9-3-8(4-10(13)5-9)7-18(16,17)15-2-1-11(14)6-15/h3-5,11H,1-2,6-7,14H2/t11-/m1/s1. The molecule has 1 atom stereocenters. The van der Waals surface area contributed by atoms with E-state index < -0.39 is 10.0 Å². The van der Waals surface area contributed by atoms with Crippen molar-refractivity contribution in [3.05, 3.63) is 33.8 Å². The summed E-state index contributed by atoms with van der Waals surface area (Å²) in [5, 5.41) is 0.872. The highest BCUT2D eigenvalue weighted by Crippen LogP contribution is 2.22. The summed E-state index contributed by atoms with van der Waals surface area (Å²) in [6.07, 6.45) is 0.704. The summed E-state index contributed by atoms with van der Waals surface area (Å²) in [6, 6.07) is 4.73. The van der Waals surface area contributed by atoms with Crippen LogP contribution in [0.1, 0.15) is 12.0 Å². The van der Waals surface area contributed by atoms with Crippen molar-refractivity contribution < 1.29 is 8.42 Å². The number of halogens is 2. The highest BCUT2D eigenvalue weighted by atomic mass is 35.5. The lowest BCUT2D eigenvalue weighted by Gasteiger charge is -2.16. The Morgan fingerprint density at radius 2 is 1.89 bits per heavy atom. The molecule has 100 valence electrons. The van der Waals surface area contributed by atoms with E-state index in [1.807, 2.05) is 0 Å². The molecular formula is C11H14Cl2N2O2S. The summed E-state index contributed by atoms with van der Waals surface area (Å²) in [5.41, 5.74) is 6.31. The maximum absolute atomic E-state index is 12.2. The molecule has 1 aromatic rings. The Balaban J connectivity index is 2.17. The van der Waals surface area contributed by atoms with Crippen LogP contribution >= 0.6 is 23.2 Å². The molecule has 1 saturated heterocycles. The number of benzene rings is 1. The van der Waals surface area contributed by atoms with Gasteiger partial charge in [0, 0.05) is 29.2 Å². The van der Waals surface area contributed by atoms with E-state index >= 15 is 0 Å². The van der Waals surface area contributed by atoms with Crippen molar-refractivity contribution in [1.29, 1.82) is 0 Å². The van der Waals surface area contributed by atoms with Crippen molar-refractivity contribution in [2.24, 2.45) is 5.73 Å². The Kier molecular flexibility index (Phi) is 4.18. The fourth-order valence-electron chi connectivity index (χ4n) is 2.00. The van der Waals surface area contributed by atoms with Crippen LogP contribution < -0.4 is 5.73 Å². The van der Waals surface area contributed by atoms with Gasteiger partial charge in [0.2, 0.25) is 10.0 Å². The van der Waals surface area contributed by atoms with E-state index in [1.54, 1.807) is 18.2 Å². The first-order valence-electron chi connectivity index (χ1n) is 5.55. The van der Waals surface area contributed by atoms with E-state index in [9.17, 15) is 8.42 Å². The molecule has 0 aliphatic carbocycles. The smallest absolute Gasteiger partial charge is 0.218 e. The molecule has 0 amide bonds. The van der Waals surface area contributed by atoms with E-state index in [0.717, 1.165) is 0 Å². The predicted molar refractivity (Wildman–Crippen MR) is 73.3 cm³/mol. The molecule has 1 heterocycles. The lowest BCUT2D eigenvalue weighted by molar-refractivity contribution is 0.471. The highest BCUT2D eigenvalue weighted by Gasteiger charge is 2.29. The second kappa shape index (κ2) is 5.35. The van der Waals surface area contributed by atoms with Gasteiger partial charge in [-0.1, -0.05) is 23.2 Å². The number of rotatable bonds is 3. The lowest BCUT2D eigenvalue weighted by atomic mass is 10.2. The molecule has 0 radical (unpaired) electrons. The second-order valence-corrected chi connectivity index (χ2v) is 7.28. The fourth-order valence-corrected chi connectivity index (χ4v) is 4.15. The van der Waals surface area contributed by atoms with E-state index in [1.165, 1.54) is 4.31 Å². The zero-order valence-corrected chi connectivity index (χ0v) is 12.0. The summed E-state index contributed by atoms with van der Waals surface area (Å²) >= 11 is 11.7. The third-order valence-corrected chi connectivity index (χ3v) is 5.11. The van der Waals surface area contributed by atoms with Gasteiger partial charge >= 0.3 is 0 Å². The van der Waals surface area contributed by atoms with Crippen LogP contribution in [0.4, 0.5) is 0 Å². The Hall–Kier alpha value is -0.330. The van der Waals surface area contributed by atoms with E-state index in [4.69, 9.17) is 28.9 Å². The monoisotopic (exact) mass is 308 g/mol. The van der Waals surface area contributed by atoms with Crippen LogP contribution in [0.2, 0.25) is 10.0 Å². The second-order valence-electron chi connectivity index (χ2n) is 4.44. The van der Waals surface area contributed by atoms with Gasteiger partial charge in [-0.25, -0.2) is 12.7 Å². The summed E-state index contributed by atoms with van der Waals surface area (Å²) in [7, 11) is -3.34. The van der Waals surface area contributed by atoms with Gasteiger partial charge in [-0.05, 0) is 30.2 Å². The van der Waals surface area contributed by atoms with Gasteiger partial charge in [0.05, 0.1) is 5.75 Å². The van der Waals surface area contributed by atoms with Crippen molar-refractivity contribution in [3.63, 3.8) is 0 Å². The normalized spacial score (nSPS) is 21.4. The molecule has 0 aromatic heterocycles. The highest BCUT2D eigenvalue weighted by molar-refractivity contribution is 7.88. The zero-order chi connectivity index (χ0) is 13.3. The van der Waals surface area contributed by atoms with Gasteiger partial charge in [0.25, 0.3) is 0 Å². The Labute approximate surface area is 117 Å². The first-order valence-corrected chi connectivity index (χ1v) is 7.92. The number of nitrogens with zero attached hydrogens (tertiary/aromatic N) is 1. The molecule has 0 spiro atoms. The summed E-state index contributed by atoms with van der Waals surface area (Å²) in [6.45, 7) is 0.869. The largest absolute Gasteiger partial charge is 0.326 e. The molecule has 4 nitrogen and oxygen atoms in total. The molecule has 0 bridgehead atoms. The fraction of sp³-hybridized carbons (Fsp3) is 0.455. The van der Waals surface area contributed by atoms with Gasteiger partial charge in [-0.15, -0.1) is 0 Å². The van der Waals surface area contributed by atoms with Crippen LogP contribution in [0.25, 0.3) is 0 Å². The van der Waals surface area contributed by atoms with Gasteiger partial charge in [-0.3, -0.25) is 0 Å². The molecule has 2 N–H and O–H groups in total. The maximum Gasteiger partial charge on any atom is 0.218 e. The quantitative estimate of drug-likeness (QED) is 0.927. The molecule has 18 heavy (non-hydrogen) atoms. The van der Waals surface area contributed by atoms with Crippen molar-refractivity contribution >= 4 is 33.2 Å². The van der Waals surface area contributed by atoms with Gasteiger partial charge in [0.15, 0.2) is 0 Å². The van der Waals surface area contributed by atoms with E-state index in [2.05, 4.69) is 0 Å². The summed E-state index contributed by atoms with van der Waals surface area (Å²) in [5.74, 6) is -0.0972. The number of hydrogen-bond acceptors (Lipinski definition) is 3. The molecule has 1 aliphatic heterocycles. The third-order valence-electron chi connectivity index (χ3n) is 2.85. The SMILES string of the molecule is N[C@@H]1CCN(S(=O)(=O)Cc2cc(Cl)cc(Cl)c2)C1.